The molecule has 0 aliphatic rings. The number of ether oxygens (including phenoxy) is 1. The maximum Gasteiger partial charge on any atom is 0.227 e. The van der Waals surface area contributed by atoms with Crippen molar-refractivity contribution in [2.75, 3.05) is 7.11 Å². The van der Waals surface area contributed by atoms with Crippen molar-refractivity contribution in [1.82, 2.24) is 0 Å². The van der Waals surface area contributed by atoms with Gasteiger partial charge in [0.15, 0.2) is 18.2 Å². The summed E-state index contributed by atoms with van der Waals surface area (Å²) >= 11 is 0. The highest BCUT2D eigenvalue weighted by atomic mass is 79.9. The summed E-state index contributed by atoms with van der Waals surface area (Å²) in [5.41, 5.74) is 1.21. The number of Topliss-reactive ketones (excluding diaryl/α,β-unsaturated/α-hetero) is 2. The largest absolute Gasteiger partial charge is 1.00 e. The summed E-state index contributed by atoms with van der Waals surface area (Å²) in [6.45, 7) is 1.71. The van der Waals surface area contributed by atoms with Gasteiger partial charge in [0.05, 0.1) is 12.7 Å². The molecule has 5 heteroatoms. The maximum absolute atomic E-state index is 12.1. The molecule has 0 aliphatic heterocycles. The summed E-state index contributed by atoms with van der Waals surface area (Å²) < 4.78 is 6.77. The van der Waals surface area contributed by atoms with Crippen LogP contribution >= 0.6 is 0 Å². The van der Waals surface area contributed by atoms with Gasteiger partial charge in [0, 0.05) is 11.6 Å². The van der Waals surface area contributed by atoms with Gasteiger partial charge in [-0.05, 0) is 37.3 Å². The van der Waals surface area contributed by atoms with E-state index in [1.54, 1.807) is 60.5 Å². The summed E-state index contributed by atoms with van der Waals surface area (Å²) in [5, 5.41) is 0. The van der Waals surface area contributed by atoms with Crippen molar-refractivity contribution >= 4 is 11.6 Å². The zero-order valence-corrected chi connectivity index (χ0v) is 13.5. The van der Waals surface area contributed by atoms with Gasteiger partial charge in [-0.2, -0.15) is 4.57 Å². The monoisotopic (exact) mass is 349 g/mol. The number of halogens is 1. The van der Waals surface area contributed by atoms with Crippen LogP contribution < -0.4 is 26.3 Å². The summed E-state index contributed by atoms with van der Waals surface area (Å²) in [6.07, 6.45) is 3.46. The van der Waals surface area contributed by atoms with Crippen molar-refractivity contribution in [3.63, 3.8) is 0 Å². The molecule has 4 nitrogen and oxygen atoms in total. The number of methoxy groups -OCH3 is 1. The predicted octanol–water partition coefficient (Wildman–Crippen LogP) is -0.928. The molecule has 0 N–H and O–H groups in total. The molecule has 0 spiro atoms. The van der Waals surface area contributed by atoms with Gasteiger partial charge in [0.2, 0.25) is 12.3 Å². The normalized spacial score (nSPS) is 9.62. The maximum atomic E-state index is 12.1. The highest BCUT2D eigenvalue weighted by molar-refractivity contribution is 5.95. The van der Waals surface area contributed by atoms with Gasteiger partial charge in [0.25, 0.3) is 0 Å². The third-order valence-corrected chi connectivity index (χ3v) is 3.00. The first kappa shape index (κ1) is 17.0. The number of carbonyl (C=O) groups excluding carboxylic acids is 2. The van der Waals surface area contributed by atoms with E-state index in [1.165, 1.54) is 6.92 Å². The number of benzene rings is 1. The highest BCUT2D eigenvalue weighted by Gasteiger charge is 2.13. The Bertz CT molecular complexity index is 638. The van der Waals surface area contributed by atoms with E-state index in [4.69, 9.17) is 4.74 Å². The minimum Gasteiger partial charge on any atom is -1.00 e. The second-order valence-corrected chi connectivity index (χ2v) is 4.47. The molecule has 0 bridgehead atoms. The average Bonchev–Trinajstić information content (AvgIpc) is 2.47. The Labute approximate surface area is 134 Å². The Morgan fingerprint density at radius 1 is 1.10 bits per heavy atom. The summed E-state index contributed by atoms with van der Waals surface area (Å²) in [6, 6.07) is 10.5. The Morgan fingerprint density at radius 3 is 2.33 bits per heavy atom. The Hall–Kier alpha value is -2.01. The van der Waals surface area contributed by atoms with Crippen LogP contribution in [0.15, 0.2) is 48.8 Å². The topological polar surface area (TPSA) is 47.2 Å². The number of aromatic nitrogens is 1. The fraction of sp³-hybridized carbons (Fsp3) is 0.188. The van der Waals surface area contributed by atoms with Gasteiger partial charge < -0.3 is 21.7 Å². The number of carbonyl (C=O) groups is 2. The molecule has 0 aliphatic carbocycles. The van der Waals surface area contributed by atoms with Crippen LogP contribution in [-0.2, 0) is 6.54 Å². The molecule has 0 saturated heterocycles. The number of nitrogens with zero attached hydrogens (tertiary/aromatic N) is 1. The number of hydrogen-bond acceptors (Lipinski definition) is 3. The first-order valence-electron chi connectivity index (χ1n) is 6.27. The number of ketones is 2. The van der Waals surface area contributed by atoms with Crippen molar-refractivity contribution in [2.24, 2.45) is 0 Å². The average molecular weight is 350 g/mol. The quantitative estimate of drug-likeness (QED) is 0.517. The lowest BCUT2D eigenvalue weighted by molar-refractivity contribution is -0.683. The van der Waals surface area contributed by atoms with E-state index in [-0.39, 0.29) is 35.1 Å². The Balaban J connectivity index is 0.00000220. The molecule has 1 heterocycles. The lowest BCUT2D eigenvalue weighted by Gasteiger charge is -2.01. The fourth-order valence-electron chi connectivity index (χ4n) is 1.86. The van der Waals surface area contributed by atoms with E-state index < -0.39 is 0 Å². The number of pyridine rings is 1. The molecular formula is C16H16BrNO3. The minimum atomic E-state index is -0.0174. The van der Waals surface area contributed by atoms with Crippen LogP contribution in [0.4, 0.5) is 0 Å². The molecule has 0 atom stereocenters. The molecule has 2 rings (SSSR count). The first-order chi connectivity index (χ1) is 9.60. The minimum absolute atomic E-state index is 0. The van der Waals surface area contributed by atoms with E-state index in [1.807, 2.05) is 0 Å². The summed E-state index contributed by atoms with van der Waals surface area (Å²) in [4.78, 5) is 23.5. The van der Waals surface area contributed by atoms with Crippen molar-refractivity contribution in [1.29, 1.82) is 0 Å². The van der Waals surface area contributed by atoms with Gasteiger partial charge in [-0.15, -0.1) is 0 Å². The zero-order chi connectivity index (χ0) is 14.5. The third-order valence-electron chi connectivity index (χ3n) is 3.00. The van der Waals surface area contributed by atoms with Crippen molar-refractivity contribution < 1.29 is 35.9 Å². The van der Waals surface area contributed by atoms with Crippen molar-refractivity contribution in [2.45, 2.75) is 13.5 Å². The summed E-state index contributed by atoms with van der Waals surface area (Å²) in [7, 11) is 1.58. The number of hydrogen-bond donors (Lipinski definition) is 0. The molecule has 1 aromatic carbocycles. The van der Waals surface area contributed by atoms with Crippen LogP contribution in [0.25, 0.3) is 0 Å². The molecule has 0 radical (unpaired) electrons. The highest BCUT2D eigenvalue weighted by Crippen LogP contribution is 2.11. The predicted molar refractivity (Wildman–Crippen MR) is 74.0 cm³/mol. The van der Waals surface area contributed by atoms with E-state index in [2.05, 4.69) is 0 Å². The summed E-state index contributed by atoms with van der Waals surface area (Å²) in [5.74, 6) is 0.683. The van der Waals surface area contributed by atoms with Gasteiger partial charge in [0.1, 0.15) is 5.75 Å². The smallest absolute Gasteiger partial charge is 0.227 e. The lowest BCUT2D eigenvalue weighted by Crippen LogP contribution is -3.00. The van der Waals surface area contributed by atoms with Crippen LogP contribution in [-0.4, -0.2) is 18.7 Å². The first-order valence-corrected chi connectivity index (χ1v) is 6.27. The molecule has 110 valence electrons. The third kappa shape index (κ3) is 4.49. The standard InChI is InChI=1S/C16H16NO3.BrH/c1-12(18)14-4-3-9-17(10-14)11-16(19)13-5-7-15(20-2)8-6-13;/h3-10H,11H2,1-2H3;1H/q+1;/p-1. The van der Waals surface area contributed by atoms with Crippen LogP contribution in [0.2, 0.25) is 0 Å². The molecule has 2 aromatic rings. The van der Waals surface area contributed by atoms with Gasteiger partial charge in [-0.1, -0.05) is 0 Å². The molecular weight excluding hydrogens is 334 g/mol. The van der Waals surface area contributed by atoms with Crippen molar-refractivity contribution in [3.8, 4) is 5.75 Å². The second-order valence-electron chi connectivity index (χ2n) is 4.47. The molecule has 0 unspecified atom stereocenters. The van der Waals surface area contributed by atoms with Crippen LogP contribution in [0.5, 0.6) is 5.75 Å². The SMILES string of the molecule is COc1ccc(C(=O)C[n+]2cccc(C(C)=O)c2)cc1.[Br-]. The van der Waals surface area contributed by atoms with E-state index in [0.29, 0.717) is 16.9 Å². The van der Waals surface area contributed by atoms with Crippen molar-refractivity contribution in [3.05, 3.63) is 59.9 Å². The van der Waals surface area contributed by atoms with Gasteiger partial charge >= 0.3 is 0 Å². The number of rotatable bonds is 5. The van der Waals surface area contributed by atoms with E-state index in [9.17, 15) is 9.59 Å². The second kappa shape index (κ2) is 7.69. The fourth-order valence-corrected chi connectivity index (χ4v) is 1.86. The lowest BCUT2D eigenvalue weighted by atomic mass is 10.1. The molecule has 1 aromatic heterocycles. The Kier molecular flexibility index (Phi) is 6.24. The van der Waals surface area contributed by atoms with Crippen LogP contribution in [0, 0.1) is 0 Å². The van der Waals surface area contributed by atoms with Crippen LogP contribution in [0.3, 0.4) is 0 Å². The van der Waals surface area contributed by atoms with Crippen LogP contribution in [0.1, 0.15) is 27.6 Å². The molecule has 0 amide bonds. The molecule has 0 fully saturated rings. The van der Waals surface area contributed by atoms with E-state index in [0.717, 1.165) is 0 Å². The molecule has 0 saturated carbocycles. The molecule has 21 heavy (non-hydrogen) atoms. The van der Waals surface area contributed by atoms with E-state index >= 15 is 0 Å². The van der Waals surface area contributed by atoms with Gasteiger partial charge in [-0.3, -0.25) is 9.59 Å². The Morgan fingerprint density at radius 2 is 1.76 bits per heavy atom. The zero-order valence-electron chi connectivity index (χ0n) is 11.9. The van der Waals surface area contributed by atoms with Gasteiger partial charge in [-0.25, -0.2) is 0 Å².